The number of nitrogens with one attached hydrogen (secondary N) is 1. The number of hydrogen-bond acceptors (Lipinski definition) is 4. The molecule has 0 aliphatic carbocycles. The predicted molar refractivity (Wildman–Crippen MR) is 115 cm³/mol. The average molecular weight is 384 g/mol. The summed E-state index contributed by atoms with van der Waals surface area (Å²) in [6.45, 7) is 4.41. The summed E-state index contributed by atoms with van der Waals surface area (Å²) >= 11 is 0. The van der Waals surface area contributed by atoms with Crippen LogP contribution in [0.4, 0.5) is 5.69 Å². The molecular weight excluding hydrogens is 350 g/mol. The summed E-state index contributed by atoms with van der Waals surface area (Å²) in [5.74, 6) is 0.555. The molecule has 0 fully saturated rings. The third-order valence-electron chi connectivity index (χ3n) is 4.99. The largest absolute Gasteiger partial charge is 0.497 e. The van der Waals surface area contributed by atoms with E-state index in [0.717, 1.165) is 29.8 Å². The van der Waals surface area contributed by atoms with E-state index in [2.05, 4.69) is 12.2 Å². The van der Waals surface area contributed by atoms with Crippen LogP contribution in [0.1, 0.15) is 57.9 Å². The van der Waals surface area contributed by atoms with Crippen molar-refractivity contribution in [2.75, 3.05) is 19.0 Å². The van der Waals surface area contributed by atoms with Crippen LogP contribution in [0.2, 0.25) is 0 Å². The van der Waals surface area contributed by atoms with E-state index in [1.54, 1.807) is 7.11 Å². The SMILES string of the molecule is CCCCCCC[C@@](Nc1ccc(OC)cc1)(C(=O)OCC)c1ccccc1. The lowest BCUT2D eigenvalue weighted by molar-refractivity contribution is -0.149. The Labute approximate surface area is 169 Å². The van der Waals surface area contributed by atoms with Crippen molar-refractivity contribution >= 4 is 11.7 Å². The third-order valence-corrected chi connectivity index (χ3v) is 4.99. The van der Waals surface area contributed by atoms with Crippen molar-refractivity contribution in [3.8, 4) is 5.75 Å². The predicted octanol–water partition coefficient (Wildman–Crippen LogP) is 5.93. The maximum atomic E-state index is 13.2. The lowest BCUT2D eigenvalue weighted by atomic mass is 9.84. The van der Waals surface area contributed by atoms with Crippen molar-refractivity contribution in [2.24, 2.45) is 0 Å². The Morgan fingerprint density at radius 1 is 0.929 bits per heavy atom. The molecule has 0 aliphatic heterocycles. The van der Waals surface area contributed by atoms with Crippen LogP contribution in [-0.2, 0) is 15.1 Å². The van der Waals surface area contributed by atoms with Crippen molar-refractivity contribution in [3.63, 3.8) is 0 Å². The van der Waals surface area contributed by atoms with E-state index in [1.807, 2.05) is 61.5 Å². The minimum atomic E-state index is -0.905. The Morgan fingerprint density at radius 2 is 1.61 bits per heavy atom. The highest BCUT2D eigenvalue weighted by molar-refractivity contribution is 5.86. The van der Waals surface area contributed by atoms with E-state index in [9.17, 15) is 4.79 Å². The summed E-state index contributed by atoms with van der Waals surface area (Å²) in [4.78, 5) is 13.2. The number of hydrogen-bond donors (Lipinski definition) is 1. The van der Waals surface area contributed by atoms with Gasteiger partial charge in [-0.25, -0.2) is 4.79 Å². The molecule has 0 bridgehead atoms. The topological polar surface area (TPSA) is 47.6 Å². The molecule has 0 aliphatic rings. The van der Waals surface area contributed by atoms with E-state index >= 15 is 0 Å². The molecule has 1 N–H and O–H groups in total. The van der Waals surface area contributed by atoms with Crippen molar-refractivity contribution < 1.29 is 14.3 Å². The summed E-state index contributed by atoms with van der Waals surface area (Å²) in [5, 5.41) is 3.51. The van der Waals surface area contributed by atoms with Crippen LogP contribution < -0.4 is 10.1 Å². The first-order valence-corrected chi connectivity index (χ1v) is 10.3. The molecule has 152 valence electrons. The Bertz CT molecular complexity index is 700. The van der Waals surface area contributed by atoms with Crippen LogP contribution in [0.5, 0.6) is 5.75 Å². The van der Waals surface area contributed by atoms with E-state index in [0.29, 0.717) is 13.0 Å². The summed E-state index contributed by atoms with van der Waals surface area (Å²) in [6.07, 6.45) is 6.36. The monoisotopic (exact) mass is 383 g/mol. The molecular formula is C24H33NO3. The zero-order valence-corrected chi connectivity index (χ0v) is 17.4. The van der Waals surface area contributed by atoms with Crippen LogP contribution in [0, 0.1) is 0 Å². The average Bonchev–Trinajstić information content (AvgIpc) is 2.74. The maximum absolute atomic E-state index is 13.2. The number of ether oxygens (including phenoxy) is 2. The van der Waals surface area contributed by atoms with Gasteiger partial charge in [-0.1, -0.05) is 69.4 Å². The van der Waals surface area contributed by atoms with Crippen LogP contribution >= 0.6 is 0 Å². The zero-order valence-electron chi connectivity index (χ0n) is 17.4. The first-order valence-electron chi connectivity index (χ1n) is 10.3. The third kappa shape index (κ3) is 5.75. The second-order valence-corrected chi connectivity index (χ2v) is 7.01. The highest BCUT2D eigenvalue weighted by atomic mass is 16.5. The molecule has 2 aromatic carbocycles. The summed E-state index contributed by atoms with van der Waals surface area (Å²) in [7, 11) is 1.64. The zero-order chi connectivity index (χ0) is 20.2. The highest BCUT2D eigenvalue weighted by Gasteiger charge is 2.41. The number of esters is 1. The Morgan fingerprint density at radius 3 is 2.21 bits per heavy atom. The molecule has 0 spiro atoms. The van der Waals surface area contributed by atoms with Gasteiger partial charge in [-0.15, -0.1) is 0 Å². The molecule has 0 aromatic heterocycles. The van der Waals surface area contributed by atoms with Crippen molar-refractivity contribution in [2.45, 2.75) is 57.9 Å². The van der Waals surface area contributed by atoms with Gasteiger partial charge in [0.05, 0.1) is 13.7 Å². The fraction of sp³-hybridized carbons (Fsp3) is 0.458. The number of unbranched alkanes of at least 4 members (excludes halogenated alkanes) is 4. The van der Waals surface area contributed by atoms with Crippen LogP contribution in [-0.4, -0.2) is 19.7 Å². The summed E-state index contributed by atoms with van der Waals surface area (Å²) in [6, 6.07) is 17.6. The molecule has 0 amide bonds. The molecule has 0 heterocycles. The van der Waals surface area contributed by atoms with Crippen LogP contribution in [0.3, 0.4) is 0 Å². The van der Waals surface area contributed by atoms with Gasteiger partial charge in [0.25, 0.3) is 0 Å². The van der Waals surface area contributed by atoms with Crippen molar-refractivity contribution in [3.05, 3.63) is 60.2 Å². The first kappa shape index (κ1) is 21.8. The van der Waals surface area contributed by atoms with Gasteiger partial charge in [-0.05, 0) is 43.2 Å². The van der Waals surface area contributed by atoms with E-state index in [1.165, 1.54) is 19.3 Å². The number of benzene rings is 2. The van der Waals surface area contributed by atoms with Gasteiger partial charge in [0.1, 0.15) is 5.75 Å². The van der Waals surface area contributed by atoms with E-state index in [4.69, 9.17) is 9.47 Å². The van der Waals surface area contributed by atoms with Gasteiger partial charge in [0.15, 0.2) is 5.54 Å². The van der Waals surface area contributed by atoms with Crippen LogP contribution in [0.15, 0.2) is 54.6 Å². The smallest absolute Gasteiger partial charge is 0.336 e. The number of rotatable bonds is 12. The Kier molecular flexibility index (Phi) is 8.86. The first-order chi connectivity index (χ1) is 13.7. The molecule has 0 saturated carbocycles. The van der Waals surface area contributed by atoms with Gasteiger partial charge < -0.3 is 14.8 Å². The minimum Gasteiger partial charge on any atom is -0.497 e. The van der Waals surface area contributed by atoms with Gasteiger partial charge >= 0.3 is 5.97 Å². The number of methoxy groups -OCH3 is 1. The standard InChI is InChI=1S/C24H33NO3/c1-4-6-7-8-12-19-24(23(26)28-5-2,20-13-10-9-11-14-20)25-21-15-17-22(27-3)18-16-21/h9-11,13-18,25H,4-8,12,19H2,1-3H3/t24-/m0/s1. The van der Waals surface area contributed by atoms with E-state index < -0.39 is 5.54 Å². The highest BCUT2D eigenvalue weighted by Crippen LogP contribution is 2.34. The lowest BCUT2D eigenvalue weighted by Gasteiger charge is -2.34. The lowest BCUT2D eigenvalue weighted by Crippen LogP contribution is -2.45. The van der Waals surface area contributed by atoms with Crippen molar-refractivity contribution in [1.29, 1.82) is 0 Å². The number of carbonyl (C=O) groups excluding carboxylic acids is 1. The Hall–Kier alpha value is -2.49. The molecule has 0 radical (unpaired) electrons. The van der Waals surface area contributed by atoms with Gasteiger partial charge in [0, 0.05) is 5.69 Å². The summed E-state index contributed by atoms with van der Waals surface area (Å²) in [5.41, 5.74) is 0.893. The second-order valence-electron chi connectivity index (χ2n) is 7.01. The molecule has 2 rings (SSSR count). The molecule has 0 saturated heterocycles. The Balaban J connectivity index is 2.34. The van der Waals surface area contributed by atoms with Gasteiger partial charge in [-0.2, -0.15) is 0 Å². The quantitative estimate of drug-likeness (QED) is 0.365. The van der Waals surface area contributed by atoms with Gasteiger partial charge in [0.2, 0.25) is 0 Å². The number of carbonyl (C=O) groups is 1. The molecule has 28 heavy (non-hydrogen) atoms. The second kappa shape index (κ2) is 11.4. The molecule has 4 heteroatoms. The summed E-state index contributed by atoms with van der Waals surface area (Å²) < 4.78 is 10.8. The normalized spacial score (nSPS) is 12.8. The molecule has 4 nitrogen and oxygen atoms in total. The number of anilines is 1. The molecule has 0 unspecified atom stereocenters. The molecule has 1 atom stereocenters. The maximum Gasteiger partial charge on any atom is 0.336 e. The molecule has 2 aromatic rings. The fourth-order valence-electron chi connectivity index (χ4n) is 3.44. The fourth-order valence-corrected chi connectivity index (χ4v) is 3.44. The van der Waals surface area contributed by atoms with Gasteiger partial charge in [-0.3, -0.25) is 0 Å². The van der Waals surface area contributed by atoms with E-state index in [-0.39, 0.29) is 5.97 Å². The van der Waals surface area contributed by atoms with Crippen LogP contribution in [0.25, 0.3) is 0 Å². The van der Waals surface area contributed by atoms with Crippen molar-refractivity contribution in [1.82, 2.24) is 0 Å². The minimum absolute atomic E-state index is 0.229.